The molecule has 1 aliphatic rings. The number of hydrazine groups is 1. The first kappa shape index (κ1) is 31.3. The summed E-state index contributed by atoms with van der Waals surface area (Å²) in [6.45, 7) is 1.86. The van der Waals surface area contributed by atoms with E-state index >= 15 is 0 Å². The van der Waals surface area contributed by atoms with Crippen molar-refractivity contribution < 1.29 is 52.5 Å². The standard InChI is InChI=1S/C20H23N9O11S2/c1-20(2,16(34)35)40-26-13(10-7-41-17(21)24-10)14(32)23-9-6-29(15(9)33)19(37)27-42(38,39)28-25-18(36)22-8-3-4-11(30)12(31)5-8/h3-5,7,9,28,30-31H,6H2,1-2H3,(H2,21,24)(H,23,32)(H,27,37)(H,34,35)(H2,22,25,36)/t9-/m0/s1. The summed E-state index contributed by atoms with van der Waals surface area (Å²) < 4.78 is 25.7. The molecule has 0 radical (unpaired) electrons. The first-order valence-corrected chi connectivity index (χ1v) is 13.6. The van der Waals surface area contributed by atoms with E-state index in [9.17, 15) is 47.7 Å². The quantitative estimate of drug-likeness (QED) is 0.0467. The maximum Gasteiger partial charge on any atom is 0.350 e. The fourth-order valence-corrected chi connectivity index (χ4v) is 3.98. The Morgan fingerprint density at radius 1 is 1.21 bits per heavy atom. The molecule has 1 aromatic heterocycles. The van der Waals surface area contributed by atoms with Crippen LogP contribution in [0.2, 0.25) is 0 Å². The van der Waals surface area contributed by atoms with Gasteiger partial charge in [-0.2, -0.15) is 8.42 Å². The number of nitrogens with two attached hydrogens (primary N) is 1. The van der Waals surface area contributed by atoms with Gasteiger partial charge in [0.25, 0.3) is 11.8 Å². The molecule has 0 unspecified atom stereocenters. The SMILES string of the molecule is CC(C)(ON=C(C(=O)N[C@H]1CN(C(=O)NS(=O)(=O)NNC(=O)Nc2ccc(O)c(O)c2)C1=O)c1csc(N)n1)C(=O)O. The smallest absolute Gasteiger partial charge is 0.350 e. The monoisotopic (exact) mass is 629 g/mol. The van der Waals surface area contributed by atoms with Crippen LogP contribution in [-0.4, -0.2) is 87.4 Å². The number of amides is 6. The van der Waals surface area contributed by atoms with E-state index < -0.39 is 75.5 Å². The highest BCUT2D eigenvalue weighted by Crippen LogP contribution is 2.27. The number of nitrogens with zero attached hydrogens (tertiary/aromatic N) is 3. The number of anilines is 2. The van der Waals surface area contributed by atoms with Gasteiger partial charge >= 0.3 is 28.2 Å². The van der Waals surface area contributed by atoms with Crippen LogP contribution in [0.25, 0.3) is 0 Å². The Morgan fingerprint density at radius 2 is 1.90 bits per heavy atom. The zero-order valence-electron chi connectivity index (χ0n) is 21.4. The molecule has 0 saturated carbocycles. The summed E-state index contributed by atoms with van der Waals surface area (Å²) in [5, 5.41) is 37.2. The molecule has 0 spiro atoms. The molecule has 2 aromatic rings. The molecule has 10 N–H and O–H groups in total. The predicted molar refractivity (Wildman–Crippen MR) is 142 cm³/mol. The number of hydrogen-bond acceptors (Lipinski definition) is 14. The number of oxime groups is 1. The van der Waals surface area contributed by atoms with E-state index in [4.69, 9.17) is 10.6 Å². The van der Waals surface area contributed by atoms with Crippen molar-refractivity contribution in [1.82, 2.24) is 30.2 Å². The van der Waals surface area contributed by atoms with Crippen LogP contribution in [0.15, 0.2) is 28.7 Å². The van der Waals surface area contributed by atoms with Crippen molar-refractivity contribution in [3.05, 3.63) is 29.3 Å². The van der Waals surface area contributed by atoms with E-state index in [0.29, 0.717) is 4.90 Å². The van der Waals surface area contributed by atoms with Gasteiger partial charge in [-0.15, -0.1) is 16.2 Å². The van der Waals surface area contributed by atoms with Gasteiger partial charge in [0.2, 0.25) is 5.60 Å². The minimum Gasteiger partial charge on any atom is -0.504 e. The van der Waals surface area contributed by atoms with E-state index in [1.54, 1.807) is 5.43 Å². The number of urea groups is 2. The number of phenolic OH excluding ortho intramolecular Hbond substituents is 2. The number of carbonyl (C=O) groups is 5. The topological polar surface area (TPSA) is 304 Å². The van der Waals surface area contributed by atoms with Crippen LogP contribution in [-0.2, 0) is 29.4 Å². The Kier molecular flexibility index (Phi) is 9.03. The summed E-state index contributed by atoms with van der Waals surface area (Å²) >= 11 is 0.939. The molecule has 1 saturated heterocycles. The fraction of sp³-hybridized carbons (Fsp3) is 0.250. The van der Waals surface area contributed by atoms with Crippen LogP contribution in [0, 0.1) is 0 Å². The van der Waals surface area contributed by atoms with Gasteiger partial charge in [-0.05, 0) is 26.0 Å². The Labute approximate surface area is 239 Å². The van der Waals surface area contributed by atoms with E-state index in [1.165, 1.54) is 34.8 Å². The number of β-lactam (4-membered cyclic amide) rings is 1. The molecule has 226 valence electrons. The molecule has 20 nitrogen and oxygen atoms in total. The number of aromatic nitrogens is 1. The van der Waals surface area contributed by atoms with Crippen molar-refractivity contribution in [1.29, 1.82) is 0 Å². The number of carboxylic acid groups (broad SMARTS) is 1. The van der Waals surface area contributed by atoms with Gasteiger partial charge in [0.15, 0.2) is 22.3 Å². The summed E-state index contributed by atoms with van der Waals surface area (Å²) in [6.07, 6.45) is 0. The minimum absolute atomic E-state index is 0.0195. The number of hydrogen-bond donors (Lipinski definition) is 9. The van der Waals surface area contributed by atoms with E-state index in [1.807, 2.05) is 0 Å². The van der Waals surface area contributed by atoms with Crippen LogP contribution in [0.5, 0.6) is 11.5 Å². The van der Waals surface area contributed by atoms with Crippen LogP contribution in [0.3, 0.4) is 0 Å². The molecular weight excluding hydrogens is 606 g/mol. The molecule has 3 rings (SSSR count). The molecule has 2 heterocycles. The summed E-state index contributed by atoms with van der Waals surface area (Å²) in [5.74, 6) is -4.46. The number of phenols is 2. The lowest BCUT2D eigenvalue weighted by atomic mass is 10.1. The zero-order valence-corrected chi connectivity index (χ0v) is 23.1. The van der Waals surface area contributed by atoms with Gasteiger partial charge in [-0.3, -0.25) is 19.9 Å². The van der Waals surface area contributed by atoms with Gasteiger partial charge in [-0.25, -0.2) is 24.1 Å². The van der Waals surface area contributed by atoms with E-state index in [-0.39, 0.29) is 16.5 Å². The van der Waals surface area contributed by atoms with Gasteiger partial charge in [0.05, 0.1) is 6.54 Å². The van der Waals surface area contributed by atoms with Crippen molar-refractivity contribution in [3.8, 4) is 11.5 Å². The number of thiazole rings is 1. The van der Waals surface area contributed by atoms with Crippen molar-refractivity contribution in [2.24, 2.45) is 5.16 Å². The molecule has 6 amide bonds. The number of likely N-dealkylation sites (tertiary alicyclic amines) is 1. The molecule has 1 aromatic carbocycles. The van der Waals surface area contributed by atoms with Gasteiger partial charge in [0.1, 0.15) is 11.7 Å². The lowest BCUT2D eigenvalue weighted by Gasteiger charge is -2.36. The highest BCUT2D eigenvalue weighted by atomic mass is 32.2. The highest BCUT2D eigenvalue weighted by molar-refractivity contribution is 7.88. The molecule has 42 heavy (non-hydrogen) atoms. The first-order chi connectivity index (χ1) is 19.5. The molecular formula is C20H23N9O11S2. The Hall–Kier alpha value is -5.22. The largest absolute Gasteiger partial charge is 0.504 e. The molecule has 1 fully saturated rings. The number of carbonyl (C=O) groups excluding carboxylic acids is 4. The van der Waals surface area contributed by atoms with Crippen LogP contribution in [0.1, 0.15) is 19.5 Å². The summed E-state index contributed by atoms with van der Waals surface area (Å²) in [7, 11) is -4.74. The van der Waals surface area contributed by atoms with Crippen molar-refractivity contribution in [2.75, 3.05) is 17.6 Å². The van der Waals surface area contributed by atoms with E-state index in [2.05, 4.69) is 20.8 Å². The number of nitrogens with one attached hydrogen (secondary N) is 5. The van der Waals surface area contributed by atoms with Gasteiger partial charge < -0.3 is 36.5 Å². The molecule has 0 aliphatic carbocycles. The highest BCUT2D eigenvalue weighted by Gasteiger charge is 2.43. The number of rotatable bonds is 10. The molecule has 0 bridgehead atoms. The van der Waals surface area contributed by atoms with Crippen LogP contribution < -0.4 is 31.3 Å². The van der Waals surface area contributed by atoms with E-state index in [0.717, 1.165) is 23.5 Å². The minimum atomic E-state index is -4.74. The number of aromatic hydroxyl groups is 2. The lowest BCUT2D eigenvalue weighted by Crippen LogP contribution is -2.68. The second-order valence-electron chi connectivity index (χ2n) is 8.69. The summed E-state index contributed by atoms with van der Waals surface area (Å²) in [4.78, 5) is 71.5. The normalized spacial score (nSPS) is 15.3. The molecule has 1 atom stereocenters. The summed E-state index contributed by atoms with van der Waals surface area (Å²) in [6, 6.07) is -0.641. The average molecular weight is 630 g/mol. The molecule has 1 aliphatic heterocycles. The average Bonchev–Trinajstić information content (AvgIpc) is 3.32. The Morgan fingerprint density at radius 3 is 2.48 bits per heavy atom. The number of carboxylic acids is 1. The van der Waals surface area contributed by atoms with Gasteiger partial charge in [-0.1, -0.05) is 5.16 Å². The number of aliphatic carboxylic acids is 1. The van der Waals surface area contributed by atoms with Crippen molar-refractivity contribution in [2.45, 2.75) is 25.5 Å². The number of imide groups is 1. The van der Waals surface area contributed by atoms with Crippen LogP contribution >= 0.6 is 11.3 Å². The number of benzene rings is 1. The van der Waals surface area contributed by atoms with Crippen molar-refractivity contribution in [3.63, 3.8) is 0 Å². The second kappa shape index (κ2) is 12.1. The maximum absolute atomic E-state index is 12.8. The summed E-state index contributed by atoms with van der Waals surface area (Å²) in [5.41, 5.74) is 4.82. The predicted octanol–water partition coefficient (Wildman–Crippen LogP) is -1.67. The van der Waals surface area contributed by atoms with Crippen molar-refractivity contribution >= 4 is 67.9 Å². The Balaban J connectivity index is 1.55. The lowest BCUT2D eigenvalue weighted by molar-refractivity contribution is -0.161. The fourth-order valence-electron chi connectivity index (χ4n) is 2.82. The third-order valence-corrected chi connectivity index (χ3v) is 6.58. The number of nitrogen functional groups attached to an aromatic ring is 1. The first-order valence-electron chi connectivity index (χ1n) is 11.2. The third-order valence-electron chi connectivity index (χ3n) is 5.09. The second-order valence-corrected chi connectivity index (χ2v) is 11.0. The third kappa shape index (κ3) is 7.70. The zero-order chi connectivity index (χ0) is 31.4. The maximum atomic E-state index is 12.8. The molecule has 22 heteroatoms. The Bertz CT molecular complexity index is 1570. The van der Waals surface area contributed by atoms with Gasteiger partial charge in [0, 0.05) is 17.1 Å². The van der Waals surface area contributed by atoms with Crippen LogP contribution in [0.4, 0.5) is 20.4 Å².